The minimum Gasteiger partial charge on any atom is -0.480 e. The first-order valence-electron chi connectivity index (χ1n) is 6.76. The number of carboxylic acids is 1. The molecule has 2 heterocycles. The van der Waals surface area contributed by atoms with Gasteiger partial charge in [-0.1, -0.05) is 11.3 Å². The molecule has 1 unspecified atom stereocenters. The Morgan fingerprint density at radius 3 is 2.95 bits per heavy atom. The monoisotopic (exact) mass is 305 g/mol. The lowest BCUT2D eigenvalue weighted by Gasteiger charge is -2.33. The summed E-state index contributed by atoms with van der Waals surface area (Å²) >= 11 is 1.32. The number of carboxylic acid groups (broad SMARTS) is 1. The number of anilines is 1. The Balaban J connectivity index is 1.92. The number of carbonyl (C=O) groups is 2. The molecule has 0 radical (unpaired) electrons. The second-order valence-corrected chi connectivity index (χ2v) is 6.15. The number of piperidine rings is 1. The van der Waals surface area contributed by atoms with Crippen molar-refractivity contribution in [2.45, 2.75) is 25.3 Å². The van der Waals surface area contributed by atoms with E-state index in [0.29, 0.717) is 23.7 Å². The predicted molar refractivity (Wildman–Crippen MR) is 80.3 cm³/mol. The van der Waals surface area contributed by atoms with Gasteiger partial charge >= 0.3 is 5.97 Å². The highest BCUT2D eigenvalue weighted by atomic mass is 32.1. The number of likely N-dealkylation sites (tertiary alicyclic amines) is 1. The third-order valence-electron chi connectivity index (χ3n) is 3.70. The molecule has 3 N–H and O–H groups in total. The smallest absolute Gasteiger partial charge is 0.326 e. The van der Waals surface area contributed by atoms with E-state index in [0.717, 1.165) is 23.1 Å². The molecule has 1 aromatic carbocycles. The molecule has 0 saturated carbocycles. The molecular weight excluding hydrogens is 290 g/mol. The third-order valence-corrected chi connectivity index (χ3v) is 4.55. The zero-order valence-electron chi connectivity index (χ0n) is 11.3. The number of hydrogen-bond donors (Lipinski definition) is 2. The van der Waals surface area contributed by atoms with E-state index >= 15 is 0 Å². The van der Waals surface area contributed by atoms with Gasteiger partial charge in [0, 0.05) is 12.1 Å². The molecule has 21 heavy (non-hydrogen) atoms. The van der Waals surface area contributed by atoms with Crippen molar-refractivity contribution in [3.8, 4) is 0 Å². The van der Waals surface area contributed by atoms with Crippen LogP contribution in [0.25, 0.3) is 10.2 Å². The normalized spacial score (nSPS) is 18.9. The van der Waals surface area contributed by atoms with E-state index in [1.165, 1.54) is 16.2 Å². The van der Waals surface area contributed by atoms with Crippen molar-refractivity contribution < 1.29 is 14.7 Å². The Morgan fingerprint density at radius 2 is 2.19 bits per heavy atom. The highest BCUT2D eigenvalue weighted by molar-refractivity contribution is 7.22. The molecule has 1 atom stereocenters. The predicted octanol–water partition coefficient (Wildman–Crippen LogP) is 1.96. The third kappa shape index (κ3) is 2.56. The average molecular weight is 305 g/mol. The van der Waals surface area contributed by atoms with Gasteiger partial charge in [0.25, 0.3) is 5.91 Å². The maximum atomic E-state index is 12.6. The van der Waals surface area contributed by atoms with Crippen LogP contribution < -0.4 is 5.73 Å². The van der Waals surface area contributed by atoms with Crippen LogP contribution in [0.3, 0.4) is 0 Å². The number of nitrogens with two attached hydrogens (primary N) is 1. The van der Waals surface area contributed by atoms with Gasteiger partial charge in [-0.2, -0.15) is 0 Å². The minimum absolute atomic E-state index is 0.240. The number of carbonyl (C=O) groups excluding carboxylic acids is 1. The molecule has 1 fully saturated rings. The molecule has 7 heteroatoms. The summed E-state index contributed by atoms with van der Waals surface area (Å²) in [7, 11) is 0. The van der Waals surface area contributed by atoms with E-state index in [1.807, 2.05) is 0 Å². The van der Waals surface area contributed by atoms with Gasteiger partial charge < -0.3 is 15.7 Å². The zero-order chi connectivity index (χ0) is 15.0. The number of aromatic nitrogens is 1. The number of rotatable bonds is 2. The lowest BCUT2D eigenvalue weighted by atomic mass is 10.0. The Hall–Kier alpha value is -2.15. The molecule has 0 bridgehead atoms. The number of hydrogen-bond acceptors (Lipinski definition) is 5. The maximum Gasteiger partial charge on any atom is 0.326 e. The van der Waals surface area contributed by atoms with Crippen LogP contribution in [-0.2, 0) is 4.79 Å². The SMILES string of the molecule is Nc1nc2ccc(C(=O)N3CCCCC3C(=O)O)cc2s1. The molecular formula is C14H15N3O3S. The van der Waals surface area contributed by atoms with Gasteiger partial charge in [0.05, 0.1) is 10.2 Å². The molecule has 3 rings (SSSR count). The van der Waals surface area contributed by atoms with E-state index in [2.05, 4.69) is 4.98 Å². The minimum atomic E-state index is -0.939. The molecule has 1 aromatic heterocycles. The standard InChI is InChI=1S/C14H15N3O3S/c15-14-16-9-5-4-8(7-11(9)21-14)12(18)17-6-2-1-3-10(17)13(19)20/h4-5,7,10H,1-3,6H2,(H2,15,16)(H,19,20). The Bertz CT molecular complexity index is 713. The fourth-order valence-corrected chi connectivity index (χ4v) is 3.45. The van der Waals surface area contributed by atoms with E-state index < -0.39 is 12.0 Å². The lowest BCUT2D eigenvalue weighted by molar-refractivity contribution is -0.143. The zero-order valence-corrected chi connectivity index (χ0v) is 12.1. The van der Waals surface area contributed by atoms with Crippen LogP contribution in [-0.4, -0.2) is 39.5 Å². The van der Waals surface area contributed by atoms with Crippen LogP contribution in [0.15, 0.2) is 18.2 Å². The fourth-order valence-electron chi connectivity index (χ4n) is 2.67. The van der Waals surface area contributed by atoms with Crippen molar-refractivity contribution in [3.05, 3.63) is 23.8 Å². The summed E-state index contributed by atoms with van der Waals surface area (Å²) < 4.78 is 0.835. The quantitative estimate of drug-likeness (QED) is 0.884. The maximum absolute atomic E-state index is 12.6. The van der Waals surface area contributed by atoms with E-state index in [9.17, 15) is 14.7 Å². The van der Waals surface area contributed by atoms with Crippen LogP contribution in [0.1, 0.15) is 29.6 Å². The van der Waals surface area contributed by atoms with Crippen molar-refractivity contribution in [1.29, 1.82) is 0 Å². The second kappa shape index (κ2) is 5.33. The molecule has 1 aliphatic rings. The van der Waals surface area contributed by atoms with Crippen LogP contribution in [0.2, 0.25) is 0 Å². The second-order valence-electron chi connectivity index (χ2n) is 5.08. The number of amides is 1. The van der Waals surface area contributed by atoms with Crippen LogP contribution >= 0.6 is 11.3 Å². The summed E-state index contributed by atoms with van der Waals surface area (Å²) in [6, 6.07) is 4.43. The molecule has 1 amide bonds. The van der Waals surface area contributed by atoms with Crippen molar-refractivity contribution in [3.63, 3.8) is 0 Å². The van der Waals surface area contributed by atoms with Crippen molar-refractivity contribution >= 4 is 38.6 Å². The van der Waals surface area contributed by atoms with E-state index in [1.54, 1.807) is 18.2 Å². The first-order chi connectivity index (χ1) is 10.1. The lowest BCUT2D eigenvalue weighted by Crippen LogP contribution is -2.47. The number of benzene rings is 1. The highest BCUT2D eigenvalue weighted by Gasteiger charge is 2.32. The van der Waals surface area contributed by atoms with Gasteiger partial charge in [0.2, 0.25) is 0 Å². The summed E-state index contributed by atoms with van der Waals surface area (Å²) in [5.41, 5.74) is 6.89. The highest BCUT2D eigenvalue weighted by Crippen LogP contribution is 2.26. The van der Waals surface area contributed by atoms with Gasteiger partial charge in [-0.15, -0.1) is 0 Å². The molecule has 1 saturated heterocycles. The molecule has 0 spiro atoms. The number of nitrogens with zero attached hydrogens (tertiary/aromatic N) is 2. The van der Waals surface area contributed by atoms with Gasteiger partial charge in [-0.05, 0) is 37.5 Å². The van der Waals surface area contributed by atoms with Gasteiger partial charge in [0.1, 0.15) is 6.04 Å². The summed E-state index contributed by atoms with van der Waals surface area (Å²) in [5.74, 6) is -1.18. The number of thiazole rings is 1. The van der Waals surface area contributed by atoms with Gasteiger partial charge in [-0.25, -0.2) is 9.78 Å². The van der Waals surface area contributed by atoms with Crippen LogP contribution in [0.5, 0.6) is 0 Å². The first-order valence-corrected chi connectivity index (χ1v) is 7.58. The number of nitrogen functional groups attached to an aromatic ring is 1. The topological polar surface area (TPSA) is 96.5 Å². The number of aliphatic carboxylic acids is 1. The molecule has 2 aromatic rings. The summed E-state index contributed by atoms with van der Waals surface area (Å²) in [4.78, 5) is 29.5. The van der Waals surface area contributed by atoms with Crippen molar-refractivity contribution in [2.24, 2.45) is 0 Å². The Labute approximate surface area is 125 Å². The van der Waals surface area contributed by atoms with E-state index in [-0.39, 0.29) is 5.91 Å². The molecule has 6 nitrogen and oxygen atoms in total. The first kappa shape index (κ1) is 13.8. The molecule has 0 aliphatic carbocycles. The fraction of sp³-hybridized carbons (Fsp3) is 0.357. The number of fused-ring (bicyclic) bond motifs is 1. The van der Waals surface area contributed by atoms with Crippen molar-refractivity contribution in [1.82, 2.24) is 9.88 Å². The van der Waals surface area contributed by atoms with Gasteiger partial charge in [0.15, 0.2) is 5.13 Å². The summed E-state index contributed by atoms with van der Waals surface area (Å²) in [6.45, 7) is 0.485. The van der Waals surface area contributed by atoms with Crippen molar-refractivity contribution in [2.75, 3.05) is 12.3 Å². The van der Waals surface area contributed by atoms with Crippen LogP contribution in [0, 0.1) is 0 Å². The average Bonchev–Trinajstić information content (AvgIpc) is 2.85. The summed E-state index contributed by atoms with van der Waals surface area (Å²) in [5, 5.41) is 9.72. The Morgan fingerprint density at radius 1 is 1.38 bits per heavy atom. The molecule has 110 valence electrons. The van der Waals surface area contributed by atoms with Gasteiger partial charge in [-0.3, -0.25) is 4.79 Å². The van der Waals surface area contributed by atoms with E-state index in [4.69, 9.17) is 5.73 Å². The largest absolute Gasteiger partial charge is 0.480 e. The summed E-state index contributed by atoms with van der Waals surface area (Å²) in [6.07, 6.45) is 2.19. The van der Waals surface area contributed by atoms with Crippen LogP contribution in [0.4, 0.5) is 5.13 Å². The molecule has 1 aliphatic heterocycles. The Kier molecular flexibility index (Phi) is 3.50.